The monoisotopic (exact) mass is 172 g/mol. The van der Waals surface area contributed by atoms with E-state index in [1.165, 1.54) is 25.7 Å². The van der Waals surface area contributed by atoms with Gasteiger partial charge in [0.15, 0.2) is 0 Å². The number of epoxide rings is 1. The number of ether oxygens (including phenoxy) is 1. The smallest absolute Gasteiger partial charge is 0.107 e. The molecule has 0 bridgehead atoms. The summed E-state index contributed by atoms with van der Waals surface area (Å²) < 4.78 is 5.00. The lowest BCUT2D eigenvalue weighted by Crippen LogP contribution is -2.13. The second kappa shape index (κ2) is 5.55. The third kappa shape index (κ3) is 4.07. The summed E-state index contributed by atoms with van der Waals surface area (Å²) in [7, 11) is 0. The van der Waals surface area contributed by atoms with Gasteiger partial charge in [0.05, 0.1) is 12.7 Å². The van der Waals surface area contributed by atoms with E-state index < -0.39 is 0 Å². The summed E-state index contributed by atoms with van der Waals surface area (Å²) in [6.45, 7) is 2.99. The van der Waals surface area contributed by atoms with Gasteiger partial charge in [-0.15, -0.1) is 0 Å². The number of hydrogen-bond acceptors (Lipinski definition) is 2. The molecule has 0 aromatic carbocycles. The third-order valence-electron chi connectivity index (χ3n) is 2.39. The van der Waals surface area contributed by atoms with Crippen molar-refractivity contribution >= 4 is 0 Å². The molecule has 0 amide bonds. The fourth-order valence-corrected chi connectivity index (χ4v) is 1.42. The predicted octanol–water partition coefficient (Wildman–Crippen LogP) is 2.11. The molecule has 1 aliphatic rings. The highest BCUT2D eigenvalue weighted by atomic mass is 16.6. The van der Waals surface area contributed by atoms with E-state index in [9.17, 15) is 5.11 Å². The Kier molecular flexibility index (Phi) is 4.62. The number of aliphatic hydroxyl groups is 1. The lowest BCUT2D eigenvalue weighted by molar-refractivity contribution is 0.123. The van der Waals surface area contributed by atoms with Crippen LogP contribution in [0.3, 0.4) is 0 Å². The van der Waals surface area contributed by atoms with Gasteiger partial charge in [-0.3, -0.25) is 0 Å². The zero-order valence-electron chi connectivity index (χ0n) is 7.96. The first-order valence-electron chi connectivity index (χ1n) is 5.14. The van der Waals surface area contributed by atoms with Crippen molar-refractivity contribution in [2.45, 2.75) is 57.7 Å². The molecule has 2 atom stereocenters. The van der Waals surface area contributed by atoms with E-state index in [4.69, 9.17) is 4.74 Å². The Morgan fingerprint density at radius 1 is 1.33 bits per heavy atom. The van der Waals surface area contributed by atoms with Crippen LogP contribution in [0.15, 0.2) is 0 Å². The van der Waals surface area contributed by atoms with Crippen LogP contribution in [0.1, 0.15) is 45.4 Å². The summed E-state index contributed by atoms with van der Waals surface area (Å²) in [5.41, 5.74) is 0. The highest BCUT2D eigenvalue weighted by Gasteiger charge is 2.30. The van der Waals surface area contributed by atoms with E-state index in [2.05, 4.69) is 6.92 Å². The Bertz CT molecular complexity index is 110. The lowest BCUT2D eigenvalue weighted by atomic mass is 10.1. The number of hydrogen-bond donors (Lipinski definition) is 1. The van der Waals surface area contributed by atoms with E-state index in [1.54, 1.807) is 0 Å². The van der Waals surface area contributed by atoms with Gasteiger partial charge in [0, 0.05) is 0 Å². The minimum Gasteiger partial charge on any atom is -0.390 e. The second-order valence-corrected chi connectivity index (χ2v) is 3.64. The van der Waals surface area contributed by atoms with Gasteiger partial charge in [0.2, 0.25) is 0 Å². The van der Waals surface area contributed by atoms with Crippen molar-refractivity contribution < 1.29 is 9.84 Å². The molecule has 12 heavy (non-hydrogen) atoms. The molecular weight excluding hydrogens is 152 g/mol. The van der Waals surface area contributed by atoms with E-state index in [0.717, 1.165) is 19.4 Å². The van der Waals surface area contributed by atoms with E-state index in [0.29, 0.717) is 0 Å². The maximum Gasteiger partial charge on any atom is 0.107 e. The summed E-state index contributed by atoms with van der Waals surface area (Å²) in [5.74, 6) is 0. The van der Waals surface area contributed by atoms with Crippen LogP contribution >= 0.6 is 0 Å². The maximum absolute atomic E-state index is 9.42. The number of unbranched alkanes of at least 4 members (excludes halogenated alkanes) is 4. The van der Waals surface area contributed by atoms with Gasteiger partial charge in [-0.25, -0.2) is 0 Å². The normalized spacial score (nSPS) is 24.0. The summed E-state index contributed by atoms with van der Waals surface area (Å²) in [4.78, 5) is 0. The minimum atomic E-state index is -0.188. The molecule has 0 saturated carbocycles. The summed E-state index contributed by atoms with van der Waals surface area (Å²) in [6.07, 6.45) is 7.26. The summed E-state index contributed by atoms with van der Waals surface area (Å²) in [5, 5.41) is 9.42. The molecule has 0 aromatic heterocycles. The van der Waals surface area contributed by atoms with Crippen molar-refractivity contribution in [3.63, 3.8) is 0 Å². The average molecular weight is 172 g/mol. The molecular formula is C10H20O2. The molecule has 1 aliphatic heterocycles. The summed E-state index contributed by atoms with van der Waals surface area (Å²) >= 11 is 0. The SMILES string of the molecule is CCCCCCCC(O)[C@H]1CO1. The first kappa shape index (κ1) is 10.0. The Hall–Kier alpha value is -0.0800. The lowest BCUT2D eigenvalue weighted by Gasteiger charge is -2.05. The van der Waals surface area contributed by atoms with Gasteiger partial charge in [-0.2, -0.15) is 0 Å². The van der Waals surface area contributed by atoms with Crippen LogP contribution in [0, 0.1) is 0 Å². The number of rotatable bonds is 7. The van der Waals surface area contributed by atoms with Gasteiger partial charge in [0.1, 0.15) is 6.10 Å². The van der Waals surface area contributed by atoms with E-state index in [-0.39, 0.29) is 12.2 Å². The van der Waals surface area contributed by atoms with Crippen LogP contribution < -0.4 is 0 Å². The first-order valence-corrected chi connectivity index (χ1v) is 5.14. The van der Waals surface area contributed by atoms with Crippen LogP contribution in [0.5, 0.6) is 0 Å². The maximum atomic E-state index is 9.42. The Morgan fingerprint density at radius 3 is 2.58 bits per heavy atom. The molecule has 1 fully saturated rings. The summed E-state index contributed by atoms with van der Waals surface area (Å²) in [6, 6.07) is 0. The van der Waals surface area contributed by atoms with Gasteiger partial charge in [-0.05, 0) is 6.42 Å². The molecule has 1 heterocycles. The van der Waals surface area contributed by atoms with Crippen LogP contribution in [0.2, 0.25) is 0 Å². The Labute approximate surface area is 74.9 Å². The van der Waals surface area contributed by atoms with Crippen LogP contribution in [0.4, 0.5) is 0 Å². The molecule has 1 N–H and O–H groups in total. The Balaban J connectivity index is 1.81. The van der Waals surface area contributed by atoms with E-state index >= 15 is 0 Å². The van der Waals surface area contributed by atoms with Crippen LogP contribution in [-0.2, 0) is 4.74 Å². The zero-order chi connectivity index (χ0) is 8.81. The van der Waals surface area contributed by atoms with Crippen LogP contribution in [0.25, 0.3) is 0 Å². The van der Waals surface area contributed by atoms with Crippen molar-refractivity contribution in [1.29, 1.82) is 0 Å². The largest absolute Gasteiger partial charge is 0.390 e. The predicted molar refractivity (Wildman–Crippen MR) is 49.1 cm³/mol. The third-order valence-corrected chi connectivity index (χ3v) is 2.39. The zero-order valence-corrected chi connectivity index (χ0v) is 7.96. The van der Waals surface area contributed by atoms with Crippen molar-refractivity contribution in [1.82, 2.24) is 0 Å². The molecule has 0 aromatic rings. The van der Waals surface area contributed by atoms with Crippen LogP contribution in [-0.4, -0.2) is 23.9 Å². The molecule has 0 radical (unpaired) electrons. The highest BCUT2D eigenvalue weighted by Crippen LogP contribution is 2.18. The van der Waals surface area contributed by atoms with Crippen molar-refractivity contribution in [3.8, 4) is 0 Å². The fourth-order valence-electron chi connectivity index (χ4n) is 1.42. The number of aliphatic hydroxyl groups excluding tert-OH is 1. The van der Waals surface area contributed by atoms with E-state index in [1.807, 2.05) is 0 Å². The standard InChI is InChI=1S/C10H20O2/c1-2-3-4-5-6-7-9(11)10-8-12-10/h9-11H,2-8H2,1H3/t9?,10-/m1/s1. The van der Waals surface area contributed by atoms with Crippen molar-refractivity contribution in [2.24, 2.45) is 0 Å². The van der Waals surface area contributed by atoms with Gasteiger partial charge < -0.3 is 9.84 Å². The molecule has 2 nitrogen and oxygen atoms in total. The van der Waals surface area contributed by atoms with Gasteiger partial charge in [-0.1, -0.05) is 39.0 Å². The molecule has 1 saturated heterocycles. The molecule has 2 heteroatoms. The molecule has 0 spiro atoms. The topological polar surface area (TPSA) is 32.8 Å². The second-order valence-electron chi connectivity index (χ2n) is 3.64. The van der Waals surface area contributed by atoms with Gasteiger partial charge in [0.25, 0.3) is 0 Å². The fraction of sp³-hybridized carbons (Fsp3) is 1.00. The molecule has 72 valence electrons. The quantitative estimate of drug-likeness (QED) is 0.471. The highest BCUT2D eigenvalue weighted by molar-refractivity contribution is 4.77. The van der Waals surface area contributed by atoms with Crippen molar-refractivity contribution in [3.05, 3.63) is 0 Å². The first-order chi connectivity index (χ1) is 5.84. The minimum absolute atomic E-state index is 0.177. The van der Waals surface area contributed by atoms with Crippen molar-refractivity contribution in [2.75, 3.05) is 6.61 Å². The molecule has 0 aliphatic carbocycles. The molecule has 1 rings (SSSR count). The molecule has 1 unspecified atom stereocenters. The Morgan fingerprint density at radius 2 is 2.00 bits per heavy atom. The van der Waals surface area contributed by atoms with Gasteiger partial charge >= 0.3 is 0 Å². The average Bonchev–Trinajstić information content (AvgIpc) is 2.86.